The van der Waals surface area contributed by atoms with Crippen molar-refractivity contribution in [3.8, 4) is 11.4 Å². The molecule has 3 heterocycles. The summed E-state index contributed by atoms with van der Waals surface area (Å²) >= 11 is 5.84. The predicted octanol–water partition coefficient (Wildman–Crippen LogP) is 3.77. The summed E-state index contributed by atoms with van der Waals surface area (Å²) in [5, 5.41) is 6.64. The second kappa shape index (κ2) is 6.63. The SMILES string of the molecule is CC(Nc1ncc(-c2noc(C(F)(F)F)n2)cn1)c1cccc(Cl)n1. The maximum absolute atomic E-state index is 12.5. The third-order valence-electron chi connectivity index (χ3n) is 3.10. The Bertz CT molecular complexity index is 868. The highest BCUT2D eigenvalue weighted by atomic mass is 35.5. The Morgan fingerprint density at radius 2 is 1.88 bits per heavy atom. The lowest BCUT2D eigenvalue weighted by molar-refractivity contribution is -0.159. The molecule has 0 aromatic carbocycles. The summed E-state index contributed by atoms with van der Waals surface area (Å²) in [4.78, 5) is 15.5. The first-order valence-electron chi connectivity index (χ1n) is 6.95. The molecule has 3 rings (SSSR count). The van der Waals surface area contributed by atoms with Crippen LogP contribution in [-0.4, -0.2) is 25.1 Å². The van der Waals surface area contributed by atoms with Gasteiger partial charge in [0.05, 0.1) is 17.3 Å². The highest BCUT2D eigenvalue weighted by Gasteiger charge is 2.38. The zero-order valence-electron chi connectivity index (χ0n) is 12.6. The Hall–Kier alpha value is -2.75. The van der Waals surface area contributed by atoms with Crippen molar-refractivity contribution in [3.63, 3.8) is 0 Å². The standard InChI is InChI=1S/C14H10ClF3N6O/c1-7(9-3-2-4-10(15)22-9)21-13-19-5-8(6-20-13)11-23-12(25-24-11)14(16,17)18/h2-7H,1H3,(H,19,20,21). The molecule has 0 aliphatic rings. The number of rotatable bonds is 4. The number of alkyl halides is 3. The van der Waals surface area contributed by atoms with E-state index in [1.54, 1.807) is 18.2 Å². The summed E-state index contributed by atoms with van der Waals surface area (Å²) in [5.74, 6) is -1.41. The van der Waals surface area contributed by atoms with Crippen molar-refractivity contribution < 1.29 is 17.7 Å². The average molecular weight is 371 g/mol. The van der Waals surface area contributed by atoms with Gasteiger partial charge in [-0.3, -0.25) is 0 Å². The van der Waals surface area contributed by atoms with Gasteiger partial charge in [0.2, 0.25) is 11.8 Å². The average Bonchev–Trinajstić information content (AvgIpc) is 3.06. The van der Waals surface area contributed by atoms with E-state index in [2.05, 4.69) is 34.9 Å². The summed E-state index contributed by atoms with van der Waals surface area (Å²) < 4.78 is 41.6. The normalized spacial score (nSPS) is 12.8. The third kappa shape index (κ3) is 4.02. The molecule has 0 saturated carbocycles. The lowest BCUT2D eigenvalue weighted by Gasteiger charge is -2.13. The van der Waals surface area contributed by atoms with Crippen molar-refractivity contribution in [1.29, 1.82) is 0 Å². The summed E-state index contributed by atoms with van der Waals surface area (Å²) in [6, 6.07) is 4.98. The topological polar surface area (TPSA) is 89.6 Å². The van der Waals surface area contributed by atoms with Gasteiger partial charge in [0.1, 0.15) is 5.15 Å². The molecule has 130 valence electrons. The van der Waals surface area contributed by atoms with Gasteiger partial charge in [-0.1, -0.05) is 22.8 Å². The first kappa shape index (κ1) is 17.1. The van der Waals surface area contributed by atoms with Crippen molar-refractivity contribution in [2.75, 3.05) is 5.32 Å². The van der Waals surface area contributed by atoms with Crippen LogP contribution in [0.25, 0.3) is 11.4 Å². The van der Waals surface area contributed by atoms with Crippen molar-refractivity contribution in [2.45, 2.75) is 19.1 Å². The molecule has 3 aromatic heterocycles. The molecule has 11 heteroatoms. The summed E-state index contributed by atoms with van der Waals surface area (Å²) in [7, 11) is 0. The zero-order valence-corrected chi connectivity index (χ0v) is 13.4. The Balaban J connectivity index is 1.73. The van der Waals surface area contributed by atoms with Crippen LogP contribution in [0.3, 0.4) is 0 Å². The molecule has 0 aliphatic carbocycles. The van der Waals surface area contributed by atoms with Gasteiger partial charge >= 0.3 is 12.1 Å². The lowest BCUT2D eigenvalue weighted by Crippen LogP contribution is -2.10. The molecule has 0 amide bonds. The van der Waals surface area contributed by atoms with Gasteiger partial charge in [0.25, 0.3) is 0 Å². The lowest BCUT2D eigenvalue weighted by atomic mass is 10.2. The molecule has 7 nitrogen and oxygen atoms in total. The third-order valence-corrected chi connectivity index (χ3v) is 3.31. The fraction of sp³-hybridized carbons (Fsp3) is 0.214. The monoisotopic (exact) mass is 370 g/mol. The quantitative estimate of drug-likeness (QED) is 0.699. The Morgan fingerprint density at radius 1 is 1.16 bits per heavy atom. The van der Waals surface area contributed by atoms with Gasteiger partial charge in [0, 0.05) is 12.4 Å². The van der Waals surface area contributed by atoms with E-state index in [9.17, 15) is 13.2 Å². The van der Waals surface area contributed by atoms with E-state index in [1.165, 1.54) is 12.4 Å². The minimum atomic E-state index is -4.70. The first-order valence-corrected chi connectivity index (χ1v) is 7.33. The first-order chi connectivity index (χ1) is 11.8. The summed E-state index contributed by atoms with van der Waals surface area (Å²) in [6.45, 7) is 1.84. The summed E-state index contributed by atoms with van der Waals surface area (Å²) in [6.07, 6.45) is -2.12. The Kier molecular flexibility index (Phi) is 4.53. The highest BCUT2D eigenvalue weighted by Crippen LogP contribution is 2.29. The number of hydrogen-bond acceptors (Lipinski definition) is 7. The molecule has 3 aromatic rings. The molecule has 25 heavy (non-hydrogen) atoms. The second-order valence-corrected chi connectivity index (χ2v) is 5.35. The van der Waals surface area contributed by atoms with Crippen LogP contribution >= 0.6 is 11.6 Å². The molecule has 0 saturated heterocycles. The van der Waals surface area contributed by atoms with E-state index >= 15 is 0 Å². The van der Waals surface area contributed by atoms with Crippen LogP contribution in [0.2, 0.25) is 5.15 Å². The number of hydrogen-bond donors (Lipinski definition) is 1. The number of nitrogens with zero attached hydrogens (tertiary/aromatic N) is 5. The molecule has 1 unspecified atom stereocenters. The van der Waals surface area contributed by atoms with Crippen LogP contribution in [0.4, 0.5) is 19.1 Å². The minimum Gasteiger partial charge on any atom is -0.346 e. The fourth-order valence-electron chi connectivity index (χ4n) is 1.91. The molecule has 1 atom stereocenters. The highest BCUT2D eigenvalue weighted by molar-refractivity contribution is 6.29. The smallest absolute Gasteiger partial charge is 0.346 e. The molecular weight excluding hydrogens is 361 g/mol. The van der Waals surface area contributed by atoms with E-state index in [-0.39, 0.29) is 23.4 Å². The molecule has 0 aliphatic heterocycles. The van der Waals surface area contributed by atoms with E-state index in [0.717, 1.165) is 0 Å². The second-order valence-electron chi connectivity index (χ2n) is 4.97. The van der Waals surface area contributed by atoms with Gasteiger partial charge in [-0.05, 0) is 19.1 Å². The maximum Gasteiger partial charge on any atom is 0.471 e. The van der Waals surface area contributed by atoms with Gasteiger partial charge in [-0.2, -0.15) is 18.2 Å². The Labute approximate surface area is 144 Å². The molecular formula is C14H10ClF3N6O. The number of halogens is 4. The van der Waals surface area contributed by atoms with E-state index in [0.29, 0.717) is 10.8 Å². The van der Waals surface area contributed by atoms with Crippen molar-refractivity contribution in [1.82, 2.24) is 25.1 Å². The van der Waals surface area contributed by atoms with E-state index in [1.807, 2.05) is 6.92 Å². The van der Waals surface area contributed by atoms with Gasteiger partial charge in [-0.15, -0.1) is 0 Å². The van der Waals surface area contributed by atoms with E-state index in [4.69, 9.17) is 11.6 Å². The molecule has 0 bridgehead atoms. The van der Waals surface area contributed by atoms with Gasteiger partial charge in [0.15, 0.2) is 0 Å². The van der Waals surface area contributed by atoms with Crippen molar-refractivity contribution in [2.24, 2.45) is 0 Å². The molecule has 1 N–H and O–H groups in total. The Morgan fingerprint density at radius 3 is 2.48 bits per heavy atom. The predicted molar refractivity (Wildman–Crippen MR) is 81.6 cm³/mol. The number of aromatic nitrogens is 5. The van der Waals surface area contributed by atoms with Crippen LogP contribution in [-0.2, 0) is 6.18 Å². The molecule has 0 radical (unpaired) electrons. The zero-order chi connectivity index (χ0) is 18.0. The van der Waals surface area contributed by atoms with Crippen molar-refractivity contribution in [3.05, 3.63) is 47.3 Å². The summed E-state index contributed by atoms with van der Waals surface area (Å²) in [5.41, 5.74) is 0.881. The largest absolute Gasteiger partial charge is 0.471 e. The van der Waals surface area contributed by atoms with Gasteiger partial charge < -0.3 is 9.84 Å². The van der Waals surface area contributed by atoms with Crippen LogP contribution < -0.4 is 5.32 Å². The fourth-order valence-corrected chi connectivity index (χ4v) is 2.08. The molecule has 0 spiro atoms. The minimum absolute atomic E-state index is 0.193. The molecule has 0 fully saturated rings. The number of anilines is 1. The van der Waals surface area contributed by atoms with Gasteiger partial charge in [-0.25, -0.2) is 15.0 Å². The maximum atomic E-state index is 12.5. The van der Waals surface area contributed by atoms with Crippen LogP contribution in [0.1, 0.15) is 24.6 Å². The van der Waals surface area contributed by atoms with Crippen LogP contribution in [0, 0.1) is 0 Å². The van der Waals surface area contributed by atoms with E-state index < -0.39 is 12.1 Å². The van der Waals surface area contributed by atoms with Crippen LogP contribution in [0.5, 0.6) is 0 Å². The number of pyridine rings is 1. The number of nitrogens with one attached hydrogen (secondary N) is 1. The van der Waals surface area contributed by atoms with Crippen molar-refractivity contribution >= 4 is 17.5 Å². The van der Waals surface area contributed by atoms with Crippen LogP contribution in [0.15, 0.2) is 35.1 Å².